The second kappa shape index (κ2) is 10.8. The number of nitrogens with one attached hydrogen (secondary N) is 2. The highest BCUT2D eigenvalue weighted by molar-refractivity contribution is 7.10. The van der Waals surface area contributed by atoms with E-state index in [1.165, 1.54) is 11.3 Å². The van der Waals surface area contributed by atoms with Crippen molar-refractivity contribution in [3.63, 3.8) is 0 Å². The first-order valence-electron chi connectivity index (χ1n) is 8.60. The molecule has 0 fully saturated rings. The number of aromatic nitrogens is 1. The summed E-state index contributed by atoms with van der Waals surface area (Å²) in [6, 6.07) is 7.14. The first-order valence-corrected chi connectivity index (χ1v) is 9.86. The average Bonchev–Trinajstić information content (AvgIpc) is 3.07. The lowest BCUT2D eigenvalue weighted by Crippen LogP contribution is -2.25. The molecule has 0 aliphatic carbocycles. The van der Waals surface area contributed by atoms with E-state index in [9.17, 15) is 9.59 Å². The zero-order valence-electron chi connectivity index (χ0n) is 15.0. The Morgan fingerprint density at radius 3 is 2.59 bits per heavy atom. The number of aryl methyl sites for hydroxylation is 1. The summed E-state index contributed by atoms with van der Waals surface area (Å²) in [5.74, 6) is -0.565. The first-order chi connectivity index (χ1) is 13.0. The Balaban J connectivity index is 2.00. The van der Waals surface area contributed by atoms with Crippen LogP contribution in [0.4, 0.5) is 0 Å². The molecule has 2 rings (SSSR count). The molecule has 0 atom stereocenters. The molecular formula is C19H22ClN3O3S. The number of rotatable bonds is 9. The highest BCUT2D eigenvalue weighted by Gasteiger charge is 2.13. The van der Waals surface area contributed by atoms with Crippen molar-refractivity contribution in [3.8, 4) is 0 Å². The van der Waals surface area contributed by atoms with Gasteiger partial charge in [0.05, 0.1) is 16.1 Å². The fourth-order valence-electron chi connectivity index (χ4n) is 2.43. The number of hydroxylamine groups is 1. The Hall–Kier alpha value is -2.22. The van der Waals surface area contributed by atoms with Crippen LogP contribution in [0.25, 0.3) is 11.6 Å². The van der Waals surface area contributed by atoms with Gasteiger partial charge in [-0.15, -0.1) is 11.3 Å². The lowest BCUT2D eigenvalue weighted by molar-refractivity contribution is -0.129. The first kappa shape index (κ1) is 21.1. The summed E-state index contributed by atoms with van der Waals surface area (Å²) in [5.41, 5.74) is 5.57. The fraction of sp³-hybridized carbons (Fsp3) is 0.316. The maximum absolute atomic E-state index is 12.7. The molecule has 0 bridgehead atoms. The highest BCUT2D eigenvalue weighted by Crippen LogP contribution is 2.24. The molecule has 0 saturated heterocycles. The van der Waals surface area contributed by atoms with E-state index in [0.717, 1.165) is 29.0 Å². The van der Waals surface area contributed by atoms with E-state index in [2.05, 4.69) is 10.3 Å². The molecule has 3 N–H and O–H groups in total. The molecule has 2 amide bonds. The number of halogens is 1. The van der Waals surface area contributed by atoms with Crippen molar-refractivity contribution < 1.29 is 14.8 Å². The van der Waals surface area contributed by atoms with Gasteiger partial charge < -0.3 is 5.32 Å². The smallest absolute Gasteiger partial charge is 0.251 e. The van der Waals surface area contributed by atoms with Crippen LogP contribution in [-0.2, 0) is 9.59 Å². The van der Waals surface area contributed by atoms with Gasteiger partial charge in [-0.05, 0) is 43.5 Å². The van der Waals surface area contributed by atoms with Crippen LogP contribution < -0.4 is 10.8 Å². The van der Waals surface area contributed by atoms with Crippen LogP contribution in [-0.4, -0.2) is 28.6 Å². The predicted octanol–water partition coefficient (Wildman–Crippen LogP) is 3.83. The third-order valence-electron chi connectivity index (χ3n) is 3.95. The van der Waals surface area contributed by atoms with Crippen LogP contribution in [0.2, 0.25) is 5.02 Å². The molecule has 6 nitrogen and oxygen atoms in total. The number of hydrogen-bond donors (Lipinski definition) is 3. The van der Waals surface area contributed by atoms with Gasteiger partial charge in [-0.25, -0.2) is 10.5 Å². The third-order valence-corrected chi connectivity index (χ3v) is 5.08. The molecule has 2 aromatic rings. The molecule has 1 aromatic heterocycles. The van der Waals surface area contributed by atoms with E-state index >= 15 is 0 Å². The number of amides is 2. The molecule has 0 saturated carbocycles. The Bertz CT molecular complexity index is 803. The number of benzene rings is 1. The van der Waals surface area contributed by atoms with Crippen molar-refractivity contribution in [1.82, 2.24) is 15.8 Å². The third kappa shape index (κ3) is 6.78. The minimum Gasteiger partial charge on any atom is -0.352 e. The molecule has 27 heavy (non-hydrogen) atoms. The van der Waals surface area contributed by atoms with Crippen LogP contribution in [0, 0.1) is 6.92 Å². The van der Waals surface area contributed by atoms with Gasteiger partial charge in [-0.2, -0.15) is 0 Å². The molecular weight excluding hydrogens is 386 g/mol. The largest absolute Gasteiger partial charge is 0.352 e. The molecule has 0 spiro atoms. The van der Waals surface area contributed by atoms with Gasteiger partial charge in [0.25, 0.3) is 5.91 Å². The van der Waals surface area contributed by atoms with Gasteiger partial charge >= 0.3 is 0 Å². The Morgan fingerprint density at radius 2 is 1.96 bits per heavy atom. The molecule has 8 heteroatoms. The standard InChI is InChI=1S/C19H22ClN3O3S/c1-13-17(27-12-22-13)11-16(14-6-8-15(20)9-7-14)19(25)21-10-4-2-3-5-18(24)23-26/h6-9,11-12,26H,2-5,10H2,1H3,(H,21,25)(H,23,24)/b16-11+. The van der Waals surface area contributed by atoms with Crippen LogP contribution in [0.5, 0.6) is 0 Å². The molecule has 144 valence electrons. The zero-order chi connectivity index (χ0) is 19.6. The Morgan fingerprint density at radius 1 is 1.22 bits per heavy atom. The summed E-state index contributed by atoms with van der Waals surface area (Å²) < 4.78 is 0. The van der Waals surface area contributed by atoms with Gasteiger partial charge in [0, 0.05) is 23.6 Å². The zero-order valence-corrected chi connectivity index (χ0v) is 16.6. The number of nitrogens with zero attached hydrogens (tertiary/aromatic N) is 1. The van der Waals surface area contributed by atoms with E-state index in [0.29, 0.717) is 23.6 Å². The van der Waals surface area contributed by atoms with Gasteiger partial charge in [0.2, 0.25) is 5.91 Å². The molecule has 0 aliphatic heterocycles. The average molecular weight is 408 g/mol. The minimum absolute atomic E-state index is 0.168. The number of carbonyl (C=O) groups excluding carboxylic acids is 2. The van der Waals surface area contributed by atoms with Crippen LogP contribution in [0.15, 0.2) is 29.8 Å². The van der Waals surface area contributed by atoms with Crippen LogP contribution in [0.1, 0.15) is 41.8 Å². The molecule has 0 radical (unpaired) electrons. The van der Waals surface area contributed by atoms with Crippen molar-refractivity contribution in [2.75, 3.05) is 6.54 Å². The van der Waals surface area contributed by atoms with Crippen molar-refractivity contribution in [1.29, 1.82) is 0 Å². The van der Waals surface area contributed by atoms with Crippen molar-refractivity contribution >= 4 is 46.4 Å². The SMILES string of the molecule is Cc1ncsc1/C=C(/C(=O)NCCCCCC(=O)NO)c1ccc(Cl)cc1. The minimum atomic E-state index is -0.396. The Labute approximate surface area is 167 Å². The van der Waals surface area contributed by atoms with Gasteiger partial charge in [0.1, 0.15) is 0 Å². The second-order valence-corrected chi connectivity index (χ2v) is 7.29. The normalized spacial score (nSPS) is 11.3. The lowest BCUT2D eigenvalue weighted by Gasteiger charge is -2.10. The van der Waals surface area contributed by atoms with Crippen molar-refractivity contribution in [2.45, 2.75) is 32.6 Å². The fourth-order valence-corrected chi connectivity index (χ4v) is 3.29. The lowest BCUT2D eigenvalue weighted by atomic mass is 10.0. The van der Waals surface area contributed by atoms with Crippen LogP contribution >= 0.6 is 22.9 Å². The van der Waals surface area contributed by atoms with Crippen molar-refractivity contribution in [2.24, 2.45) is 0 Å². The molecule has 1 aromatic carbocycles. The van der Waals surface area contributed by atoms with Crippen LogP contribution in [0.3, 0.4) is 0 Å². The van der Waals surface area contributed by atoms with E-state index in [1.807, 2.05) is 25.1 Å². The molecule has 0 unspecified atom stereocenters. The number of hydrogen-bond acceptors (Lipinski definition) is 5. The topological polar surface area (TPSA) is 91.3 Å². The summed E-state index contributed by atoms with van der Waals surface area (Å²) in [7, 11) is 0. The molecule has 0 aliphatic rings. The highest BCUT2D eigenvalue weighted by atomic mass is 35.5. The Kier molecular flexibility index (Phi) is 8.44. The van der Waals surface area contributed by atoms with E-state index < -0.39 is 5.91 Å². The number of thiazole rings is 1. The number of carbonyl (C=O) groups is 2. The summed E-state index contributed by atoms with van der Waals surface area (Å²) in [6.45, 7) is 2.41. The maximum atomic E-state index is 12.7. The second-order valence-electron chi connectivity index (χ2n) is 5.97. The quantitative estimate of drug-likeness (QED) is 0.255. The predicted molar refractivity (Wildman–Crippen MR) is 108 cm³/mol. The van der Waals surface area contributed by atoms with E-state index in [4.69, 9.17) is 16.8 Å². The summed E-state index contributed by atoms with van der Waals surface area (Å²) in [4.78, 5) is 28.8. The van der Waals surface area contributed by atoms with Gasteiger partial charge in [0.15, 0.2) is 0 Å². The monoisotopic (exact) mass is 407 g/mol. The summed E-state index contributed by atoms with van der Waals surface area (Å²) in [5, 5.41) is 12.0. The van der Waals surface area contributed by atoms with E-state index in [1.54, 1.807) is 23.1 Å². The van der Waals surface area contributed by atoms with Gasteiger partial charge in [-0.1, -0.05) is 30.2 Å². The molecule has 1 heterocycles. The van der Waals surface area contributed by atoms with Crippen molar-refractivity contribution in [3.05, 3.63) is 50.9 Å². The summed E-state index contributed by atoms with van der Waals surface area (Å²) in [6.07, 6.45) is 4.30. The van der Waals surface area contributed by atoms with Gasteiger partial charge in [-0.3, -0.25) is 14.8 Å². The maximum Gasteiger partial charge on any atom is 0.251 e. The van der Waals surface area contributed by atoms with E-state index in [-0.39, 0.29) is 12.3 Å². The number of unbranched alkanes of at least 4 members (excludes halogenated alkanes) is 2. The summed E-state index contributed by atoms with van der Waals surface area (Å²) >= 11 is 7.44.